The average Bonchev–Trinajstić information content (AvgIpc) is 2.95. The van der Waals surface area contributed by atoms with Crippen molar-refractivity contribution < 1.29 is 4.79 Å². The summed E-state index contributed by atoms with van der Waals surface area (Å²) in [5.74, 6) is 0.405. The van der Waals surface area contributed by atoms with E-state index in [1.165, 1.54) is 17.8 Å². The van der Waals surface area contributed by atoms with Crippen LogP contribution in [0.3, 0.4) is 0 Å². The maximum Gasteiger partial charge on any atom is 0.330 e. The van der Waals surface area contributed by atoms with Gasteiger partial charge in [-0.1, -0.05) is 0 Å². The topological polar surface area (TPSA) is 76.3 Å². The highest BCUT2D eigenvalue weighted by molar-refractivity contribution is 5.76. The minimum Gasteiger partial charge on any atom is -0.341 e. The zero-order chi connectivity index (χ0) is 15.6. The Morgan fingerprint density at radius 1 is 1.43 bits per heavy atom. The summed E-state index contributed by atoms with van der Waals surface area (Å²) in [4.78, 5) is 37.4. The SMILES string of the molecule is CN(Cc1cn(C)c(=O)n(C)c1=O)C(=O)CC1CCNC1. The molecule has 0 aliphatic carbocycles. The van der Waals surface area contributed by atoms with Crippen LogP contribution in [0.2, 0.25) is 0 Å². The second-order valence-corrected chi connectivity index (χ2v) is 5.72. The molecule has 2 rings (SSSR count). The number of hydrogen-bond donors (Lipinski definition) is 1. The van der Waals surface area contributed by atoms with Crippen molar-refractivity contribution in [2.45, 2.75) is 19.4 Å². The number of aryl methyl sites for hydroxylation is 1. The van der Waals surface area contributed by atoms with Gasteiger partial charge in [-0.2, -0.15) is 0 Å². The predicted octanol–water partition coefficient (Wildman–Crippen LogP) is -0.958. The van der Waals surface area contributed by atoms with E-state index in [1.54, 1.807) is 19.0 Å². The molecule has 1 N–H and O–H groups in total. The third kappa shape index (κ3) is 3.41. The fourth-order valence-electron chi connectivity index (χ4n) is 2.63. The van der Waals surface area contributed by atoms with Crippen molar-refractivity contribution in [2.75, 3.05) is 20.1 Å². The third-order valence-corrected chi connectivity index (χ3v) is 3.98. The van der Waals surface area contributed by atoms with E-state index >= 15 is 0 Å². The van der Waals surface area contributed by atoms with E-state index in [-0.39, 0.29) is 23.7 Å². The normalized spacial score (nSPS) is 18.0. The van der Waals surface area contributed by atoms with E-state index in [1.807, 2.05) is 0 Å². The molecule has 0 aromatic carbocycles. The van der Waals surface area contributed by atoms with E-state index in [2.05, 4.69) is 5.32 Å². The van der Waals surface area contributed by atoms with Gasteiger partial charge in [-0.3, -0.25) is 14.2 Å². The minimum atomic E-state index is -0.366. The summed E-state index contributed by atoms with van der Waals surface area (Å²) in [5, 5.41) is 3.23. The highest BCUT2D eigenvalue weighted by atomic mass is 16.2. The number of rotatable bonds is 4. The molecule has 1 amide bonds. The van der Waals surface area contributed by atoms with E-state index in [0.29, 0.717) is 17.9 Å². The molecule has 0 saturated carbocycles. The Labute approximate surface area is 123 Å². The van der Waals surface area contributed by atoms with Crippen LogP contribution in [0, 0.1) is 5.92 Å². The lowest BCUT2D eigenvalue weighted by atomic mass is 10.0. The Hall–Kier alpha value is -1.89. The number of amides is 1. The molecule has 1 unspecified atom stereocenters. The Bertz CT molecular complexity index is 641. The van der Waals surface area contributed by atoms with Crippen LogP contribution in [0.15, 0.2) is 15.8 Å². The first kappa shape index (κ1) is 15.5. The monoisotopic (exact) mass is 294 g/mol. The van der Waals surface area contributed by atoms with Crippen molar-refractivity contribution in [3.8, 4) is 0 Å². The highest BCUT2D eigenvalue weighted by Crippen LogP contribution is 2.13. The van der Waals surface area contributed by atoms with Crippen molar-refractivity contribution in [3.63, 3.8) is 0 Å². The van der Waals surface area contributed by atoms with Crippen LogP contribution in [-0.4, -0.2) is 40.1 Å². The molecule has 1 aliphatic heterocycles. The van der Waals surface area contributed by atoms with E-state index in [0.717, 1.165) is 24.1 Å². The van der Waals surface area contributed by atoms with Gasteiger partial charge in [-0.05, 0) is 25.4 Å². The standard InChI is InChI=1S/C14H22N4O3/c1-16(12(19)6-10-4-5-15-7-10)8-11-9-17(2)14(21)18(3)13(11)20/h9-10,15H,4-8H2,1-3H3. The summed E-state index contributed by atoms with van der Waals surface area (Å²) in [6.45, 7) is 2.06. The van der Waals surface area contributed by atoms with Crippen LogP contribution in [0.25, 0.3) is 0 Å². The minimum absolute atomic E-state index is 0.0274. The highest BCUT2D eigenvalue weighted by Gasteiger charge is 2.21. The maximum absolute atomic E-state index is 12.2. The van der Waals surface area contributed by atoms with Gasteiger partial charge in [-0.15, -0.1) is 0 Å². The molecule has 1 atom stereocenters. The molecule has 1 aliphatic rings. The van der Waals surface area contributed by atoms with Gasteiger partial charge in [0.25, 0.3) is 5.56 Å². The van der Waals surface area contributed by atoms with Crippen LogP contribution in [0.5, 0.6) is 0 Å². The quantitative estimate of drug-likeness (QED) is 0.776. The first-order valence-corrected chi connectivity index (χ1v) is 7.10. The molecule has 1 aromatic rings. The maximum atomic E-state index is 12.2. The Balaban J connectivity index is 2.08. The predicted molar refractivity (Wildman–Crippen MR) is 79.0 cm³/mol. The van der Waals surface area contributed by atoms with E-state index in [4.69, 9.17) is 0 Å². The number of carbonyl (C=O) groups is 1. The summed E-state index contributed by atoms with van der Waals surface area (Å²) in [5.41, 5.74) is -0.268. The molecule has 0 radical (unpaired) electrons. The summed E-state index contributed by atoms with van der Waals surface area (Å²) in [7, 11) is 4.73. The molecule has 1 fully saturated rings. The second kappa shape index (κ2) is 6.26. The van der Waals surface area contributed by atoms with Gasteiger partial charge in [0.05, 0.1) is 12.1 Å². The number of nitrogens with zero attached hydrogens (tertiary/aromatic N) is 3. The first-order valence-electron chi connectivity index (χ1n) is 7.10. The molecule has 7 nitrogen and oxygen atoms in total. The molecule has 1 saturated heterocycles. The van der Waals surface area contributed by atoms with Crippen LogP contribution < -0.4 is 16.6 Å². The van der Waals surface area contributed by atoms with Crippen molar-refractivity contribution >= 4 is 5.91 Å². The van der Waals surface area contributed by atoms with Crippen molar-refractivity contribution in [3.05, 3.63) is 32.6 Å². The molecule has 1 aromatic heterocycles. The Kier molecular flexibility index (Phi) is 4.62. The second-order valence-electron chi connectivity index (χ2n) is 5.72. The fraction of sp³-hybridized carbons (Fsp3) is 0.643. The van der Waals surface area contributed by atoms with E-state index in [9.17, 15) is 14.4 Å². The number of nitrogens with one attached hydrogen (secondary N) is 1. The van der Waals surface area contributed by atoms with Gasteiger partial charge in [0.2, 0.25) is 5.91 Å². The smallest absolute Gasteiger partial charge is 0.330 e. The Morgan fingerprint density at radius 3 is 2.76 bits per heavy atom. The van der Waals surface area contributed by atoms with Crippen LogP contribution >= 0.6 is 0 Å². The van der Waals surface area contributed by atoms with Crippen molar-refractivity contribution in [1.82, 2.24) is 19.4 Å². The lowest BCUT2D eigenvalue weighted by Gasteiger charge is -2.19. The summed E-state index contributed by atoms with van der Waals surface area (Å²) < 4.78 is 2.42. The lowest BCUT2D eigenvalue weighted by molar-refractivity contribution is -0.131. The number of carbonyl (C=O) groups excluding carboxylic acids is 1. The molecule has 2 heterocycles. The molecule has 0 spiro atoms. The summed E-state index contributed by atoms with van der Waals surface area (Å²) in [6.07, 6.45) is 3.02. The van der Waals surface area contributed by atoms with Gasteiger partial charge < -0.3 is 14.8 Å². The molecule has 116 valence electrons. The van der Waals surface area contributed by atoms with Gasteiger partial charge in [-0.25, -0.2) is 4.79 Å². The van der Waals surface area contributed by atoms with Gasteiger partial charge in [0, 0.05) is 33.8 Å². The zero-order valence-electron chi connectivity index (χ0n) is 12.8. The zero-order valence-corrected chi connectivity index (χ0v) is 12.8. The van der Waals surface area contributed by atoms with Gasteiger partial charge in [0.15, 0.2) is 0 Å². The number of aromatic nitrogens is 2. The molecule has 0 bridgehead atoms. The van der Waals surface area contributed by atoms with E-state index < -0.39 is 0 Å². The number of hydrogen-bond acceptors (Lipinski definition) is 4. The van der Waals surface area contributed by atoms with Crippen molar-refractivity contribution in [2.24, 2.45) is 20.0 Å². The largest absolute Gasteiger partial charge is 0.341 e. The summed E-state index contributed by atoms with van der Waals surface area (Å²) >= 11 is 0. The first-order chi connectivity index (χ1) is 9.90. The molecular weight excluding hydrogens is 272 g/mol. The van der Waals surface area contributed by atoms with Crippen LogP contribution in [0.1, 0.15) is 18.4 Å². The average molecular weight is 294 g/mol. The lowest BCUT2D eigenvalue weighted by Crippen LogP contribution is -2.40. The van der Waals surface area contributed by atoms with Crippen molar-refractivity contribution in [1.29, 1.82) is 0 Å². The van der Waals surface area contributed by atoms with Gasteiger partial charge >= 0.3 is 5.69 Å². The van der Waals surface area contributed by atoms with Gasteiger partial charge in [0.1, 0.15) is 0 Å². The molecular formula is C14H22N4O3. The third-order valence-electron chi connectivity index (χ3n) is 3.98. The molecule has 7 heteroatoms. The summed E-state index contributed by atoms with van der Waals surface area (Å²) in [6, 6.07) is 0. The Morgan fingerprint density at radius 2 is 2.14 bits per heavy atom. The van der Waals surface area contributed by atoms with Crippen LogP contribution in [-0.2, 0) is 25.4 Å². The molecule has 21 heavy (non-hydrogen) atoms. The fourth-order valence-corrected chi connectivity index (χ4v) is 2.63. The van der Waals surface area contributed by atoms with Crippen LogP contribution in [0.4, 0.5) is 0 Å².